The first-order chi connectivity index (χ1) is 24.0. The van der Waals surface area contributed by atoms with Crippen LogP contribution >= 0.6 is 0 Å². The molecular formula is C34H58N7O10+. The zero-order valence-corrected chi connectivity index (χ0v) is 31.2. The van der Waals surface area contributed by atoms with Crippen LogP contribution in [-0.4, -0.2) is 125 Å². The largest absolute Gasteiger partial charge is 0.337 e. The van der Waals surface area contributed by atoms with Crippen LogP contribution in [0.15, 0.2) is 0 Å². The Hall–Kier alpha value is -4.54. The summed E-state index contributed by atoms with van der Waals surface area (Å²) in [5.74, 6) is -4.77. The van der Waals surface area contributed by atoms with E-state index in [0.29, 0.717) is 12.8 Å². The van der Waals surface area contributed by atoms with Crippen LogP contribution < -0.4 is 21.7 Å². The van der Waals surface area contributed by atoms with Crippen molar-refractivity contribution in [1.29, 1.82) is 0 Å². The first-order valence-electron chi connectivity index (χ1n) is 17.6. The summed E-state index contributed by atoms with van der Waals surface area (Å²) in [5.41, 5.74) is 9.04. The van der Waals surface area contributed by atoms with Gasteiger partial charge in [-0.25, -0.2) is 0 Å². The molecular weight excluding hydrogens is 666 g/mol. The van der Waals surface area contributed by atoms with E-state index in [0.717, 1.165) is 0 Å². The second-order valence-electron chi connectivity index (χ2n) is 12.6. The number of hydrazine groups is 2. The topological polar surface area (TPSA) is 225 Å². The fraction of sp³-hybridized carbons (Fsp3) is 0.706. The van der Waals surface area contributed by atoms with E-state index in [-0.39, 0.29) is 101 Å². The second-order valence-corrected chi connectivity index (χ2v) is 12.6. The molecule has 0 unspecified atom stereocenters. The Kier molecular flexibility index (Phi) is 23.2. The summed E-state index contributed by atoms with van der Waals surface area (Å²) < 4.78 is -0.848. The van der Waals surface area contributed by atoms with Crippen molar-refractivity contribution < 1.29 is 52.4 Å². The Labute approximate surface area is 300 Å². The van der Waals surface area contributed by atoms with E-state index in [2.05, 4.69) is 21.7 Å². The fourth-order valence-corrected chi connectivity index (χ4v) is 4.84. The highest BCUT2D eigenvalue weighted by Gasteiger charge is 2.41. The minimum Gasteiger partial charge on any atom is -0.337 e. The highest BCUT2D eigenvalue weighted by Crippen LogP contribution is 2.13. The van der Waals surface area contributed by atoms with Crippen LogP contribution in [0.25, 0.3) is 0 Å². The molecule has 0 spiro atoms. The zero-order chi connectivity index (χ0) is 39.0. The van der Waals surface area contributed by atoms with E-state index in [4.69, 9.17) is 0 Å². The molecule has 51 heavy (non-hydrogen) atoms. The number of amides is 6. The third-order valence-electron chi connectivity index (χ3n) is 7.82. The predicted molar refractivity (Wildman–Crippen MR) is 186 cm³/mol. The fourth-order valence-electron chi connectivity index (χ4n) is 4.84. The summed E-state index contributed by atoms with van der Waals surface area (Å²) in [6.07, 6.45) is 1.49. The minimum atomic E-state index is -0.851. The number of carbonyl (C=O) groups excluding carboxylic acids is 10. The molecule has 0 aliphatic carbocycles. The molecule has 0 atom stereocenters. The van der Waals surface area contributed by atoms with Crippen molar-refractivity contribution in [2.45, 2.75) is 106 Å². The lowest BCUT2D eigenvalue weighted by Gasteiger charge is -2.39. The molecule has 17 heteroatoms. The van der Waals surface area contributed by atoms with Gasteiger partial charge in [0.15, 0.2) is 26.2 Å². The number of Topliss-reactive ketones (excluding diaryl/α,β-unsaturated/α-hetero) is 4. The molecule has 0 radical (unpaired) electrons. The van der Waals surface area contributed by atoms with Gasteiger partial charge in [-0.15, -0.1) is 0 Å². The summed E-state index contributed by atoms with van der Waals surface area (Å²) in [5, 5.41) is 0. The van der Waals surface area contributed by atoms with Crippen molar-refractivity contribution in [2.75, 3.05) is 52.4 Å². The summed E-state index contributed by atoms with van der Waals surface area (Å²) in [7, 11) is 0. The average Bonchev–Trinajstić information content (AvgIpc) is 3.05. The van der Waals surface area contributed by atoms with Crippen LogP contribution in [0.5, 0.6) is 0 Å². The third-order valence-corrected chi connectivity index (χ3v) is 7.82. The van der Waals surface area contributed by atoms with Gasteiger partial charge in [0.25, 0.3) is 23.6 Å². The van der Waals surface area contributed by atoms with Crippen LogP contribution in [0.1, 0.15) is 106 Å². The number of nitrogens with one attached hydrogen (secondary N) is 4. The summed E-state index contributed by atoms with van der Waals surface area (Å²) >= 11 is 0. The smallest absolute Gasteiger partial charge is 0.293 e. The first-order valence-corrected chi connectivity index (χ1v) is 17.6. The van der Waals surface area contributed by atoms with Crippen LogP contribution in [0.2, 0.25) is 0 Å². The Bertz CT molecular complexity index is 1180. The molecule has 0 rings (SSSR count). The molecule has 4 N–H and O–H groups in total. The van der Waals surface area contributed by atoms with Crippen molar-refractivity contribution in [1.82, 2.24) is 31.5 Å². The van der Waals surface area contributed by atoms with Crippen molar-refractivity contribution >= 4 is 58.6 Å². The van der Waals surface area contributed by atoms with Crippen molar-refractivity contribution in [3.8, 4) is 0 Å². The molecule has 0 aliphatic rings. The van der Waals surface area contributed by atoms with Crippen LogP contribution in [0.4, 0.5) is 0 Å². The summed E-state index contributed by atoms with van der Waals surface area (Å²) in [6, 6.07) is 0. The van der Waals surface area contributed by atoms with Crippen LogP contribution in [0, 0.1) is 0 Å². The molecule has 0 heterocycles. The predicted octanol–water partition coefficient (Wildman–Crippen LogP) is 0.0520. The second kappa shape index (κ2) is 25.4. The highest BCUT2D eigenvalue weighted by molar-refractivity contribution is 5.87. The monoisotopic (exact) mass is 724 g/mol. The molecule has 0 aromatic rings. The number of nitrogens with zero attached hydrogens (tertiary/aromatic N) is 3. The molecule has 0 fully saturated rings. The molecule has 6 amide bonds. The molecule has 0 aromatic heterocycles. The van der Waals surface area contributed by atoms with Crippen LogP contribution in [-0.2, 0) is 47.9 Å². The normalized spacial score (nSPS) is 10.8. The van der Waals surface area contributed by atoms with E-state index < -0.39 is 66.1 Å². The Morgan fingerprint density at radius 3 is 1.04 bits per heavy atom. The number of carbonyl (C=O) groups is 10. The molecule has 17 nitrogen and oxygen atoms in total. The molecule has 288 valence electrons. The number of hydrogen-bond acceptors (Lipinski definition) is 10. The van der Waals surface area contributed by atoms with Gasteiger partial charge in [0.2, 0.25) is 11.8 Å². The number of ketones is 4. The minimum absolute atomic E-state index is 0.0146. The molecule has 0 saturated carbocycles. The number of hydrogen-bond donors (Lipinski definition) is 4. The van der Waals surface area contributed by atoms with Gasteiger partial charge in [0, 0.05) is 77.5 Å². The quantitative estimate of drug-likeness (QED) is 0.0693. The van der Waals surface area contributed by atoms with Crippen molar-refractivity contribution in [3.05, 3.63) is 0 Å². The van der Waals surface area contributed by atoms with Crippen molar-refractivity contribution in [3.63, 3.8) is 0 Å². The molecule has 0 bridgehead atoms. The third kappa shape index (κ3) is 21.3. The van der Waals surface area contributed by atoms with E-state index in [1.807, 2.05) is 0 Å². The summed E-state index contributed by atoms with van der Waals surface area (Å²) in [6.45, 7) is 6.59. The average molecular weight is 725 g/mol. The standard InChI is InChI=1S/C34H57N7O10/c1-7-11-29(46)35-37-31(48)21-41(22-32(49)38-36-30(47)12-8-2,23-33(50)39(17-13-25(5)42)18-14-26(6)43)24-34(51)40(19-15-27(44)9-3)20-16-28(45)10-4/h7-24H2,1-6H3,(H3-,35,36,37,38,46,47,48,49)/p+1. The summed E-state index contributed by atoms with van der Waals surface area (Å²) in [4.78, 5) is 130. The maximum absolute atomic E-state index is 14.1. The Morgan fingerprint density at radius 1 is 0.431 bits per heavy atom. The first kappa shape index (κ1) is 46.5. The number of rotatable bonds is 26. The molecule has 0 aliphatic heterocycles. The van der Waals surface area contributed by atoms with Gasteiger partial charge in [0.05, 0.1) is 0 Å². The lowest BCUT2D eigenvalue weighted by molar-refractivity contribution is -0.898. The number of quaternary nitrogens is 1. The van der Waals surface area contributed by atoms with Gasteiger partial charge >= 0.3 is 0 Å². The van der Waals surface area contributed by atoms with Gasteiger partial charge in [-0.1, -0.05) is 27.7 Å². The van der Waals surface area contributed by atoms with E-state index in [9.17, 15) is 47.9 Å². The van der Waals surface area contributed by atoms with Gasteiger partial charge < -0.3 is 9.80 Å². The lowest BCUT2D eigenvalue weighted by atomic mass is 10.1. The Balaban J connectivity index is 6.99. The maximum atomic E-state index is 14.1. The zero-order valence-electron chi connectivity index (χ0n) is 31.2. The van der Waals surface area contributed by atoms with Crippen LogP contribution in [0.3, 0.4) is 0 Å². The molecule has 0 saturated heterocycles. The highest BCUT2D eigenvalue weighted by atomic mass is 16.2. The van der Waals surface area contributed by atoms with Gasteiger partial charge in [-0.05, 0) is 26.7 Å². The maximum Gasteiger partial charge on any atom is 0.293 e. The SMILES string of the molecule is CCCC(=O)NNC(=O)C[N+](CC(=O)NNC(=O)CCC)(CC(=O)N(CCC(C)=O)CCC(C)=O)CC(=O)N(CCC(=O)CC)CCC(=O)CC. The van der Waals surface area contributed by atoms with E-state index in [1.165, 1.54) is 23.6 Å². The van der Waals surface area contributed by atoms with Gasteiger partial charge in [-0.3, -0.25) is 74.1 Å². The van der Waals surface area contributed by atoms with Crippen molar-refractivity contribution in [2.24, 2.45) is 0 Å². The van der Waals surface area contributed by atoms with Gasteiger partial charge in [-0.2, -0.15) is 0 Å². The lowest BCUT2D eigenvalue weighted by Crippen LogP contribution is -2.65. The van der Waals surface area contributed by atoms with E-state index >= 15 is 0 Å². The van der Waals surface area contributed by atoms with Gasteiger partial charge in [0.1, 0.15) is 23.1 Å². The molecule has 0 aromatic carbocycles. The Morgan fingerprint density at radius 2 is 0.745 bits per heavy atom. The van der Waals surface area contributed by atoms with E-state index in [1.54, 1.807) is 27.7 Å².